The number of thioether (sulfide) groups is 1. The zero-order valence-corrected chi connectivity index (χ0v) is 19.3. The molecule has 8 heteroatoms. The Labute approximate surface area is 188 Å². The van der Waals surface area contributed by atoms with Gasteiger partial charge in [0, 0.05) is 25.3 Å². The van der Waals surface area contributed by atoms with Crippen LogP contribution in [0.3, 0.4) is 0 Å². The average molecular weight is 442 g/mol. The van der Waals surface area contributed by atoms with Crippen LogP contribution in [0, 0.1) is 19.8 Å². The predicted octanol–water partition coefficient (Wildman–Crippen LogP) is 3.57. The summed E-state index contributed by atoms with van der Waals surface area (Å²) < 4.78 is 0. The maximum atomic E-state index is 12.3. The van der Waals surface area contributed by atoms with Gasteiger partial charge >= 0.3 is 0 Å². The second-order valence-electron chi connectivity index (χ2n) is 7.96. The predicted molar refractivity (Wildman–Crippen MR) is 126 cm³/mol. The number of carbonyl (C=O) groups excluding carboxylic acids is 2. The molecule has 1 fully saturated rings. The molecule has 0 saturated carbocycles. The van der Waals surface area contributed by atoms with Crippen molar-refractivity contribution in [2.45, 2.75) is 45.1 Å². The highest BCUT2D eigenvalue weighted by Crippen LogP contribution is 2.23. The van der Waals surface area contributed by atoms with Crippen molar-refractivity contribution in [1.29, 1.82) is 0 Å². The van der Waals surface area contributed by atoms with Crippen molar-refractivity contribution in [2.75, 3.05) is 35.6 Å². The van der Waals surface area contributed by atoms with Gasteiger partial charge in [0.05, 0.1) is 11.7 Å². The van der Waals surface area contributed by atoms with Gasteiger partial charge in [0.25, 0.3) is 0 Å². The third-order valence-corrected chi connectivity index (χ3v) is 6.23. The number of rotatable bonds is 8. The second-order valence-corrected chi connectivity index (χ2v) is 8.96. The monoisotopic (exact) mass is 441 g/mol. The number of aromatic nitrogens is 2. The van der Waals surface area contributed by atoms with Gasteiger partial charge in [0.15, 0.2) is 5.82 Å². The molecule has 1 unspecified atom stereocenters. The lowest BCUT2D eigenvalue weighted by molar-refractivity contribution is -0.125. The first-order valence-electron chi connectivity index (χ1n) is 10.8. The molecular formula is C23H31N5O2S. The van der Waals surface area contributed by atoms with Crippen molar-refractivity contribution in [3.8, 4) is 0 Å². The molecule has 3 rings (SSSR count). The normalized spacial score (nSPS) is 16.1. The number of hydrogen-bond donors (Lipinski definition) is 2. The topological polar surface area (TPSA) is 87.2 Å². The standard InChI is InChI=1S/C23H31N5O2S/c1-4-11-24-23(30)18-6-5-12-28(14-18)20-9-10-22(27-26-20)31-15-21(29)25-19-13-16(2)7-8-17(19)3/h7-10,13,18H,4-6,11-12,14-15H2,1-3H3,(H,24,30)(H,25,29). The van der Waals surface area contributed by atoms with Gasteiger partial charge in [-0.15, -0.1) is 10.2 Å². The molecule has 1 atom stereocenters. The summed E-state index contributed by atoms with van der Waals surface area (Å²) in [5.41, 5.74) is 2.99. The lowest BCUT2D eigenvalue weighted by atomic mass is 9.97. The molecule has 0 aliphatic carbocycles. The Morgan fingerprint density at radius 3 is 2.77 bits per heavy atom. The molecule has 2 amide bonds. The Morgan fingerprint density at radius 1 is 1.19 bits per heavy atom. The van der Waals surface area contributed by atoms with Crippen LogP contribution in [0.15, 0.2) is 35.4 Å². The van der Waals surface area contributed by atoms with Crippen LogP contribution in [0.4, 0.5) is 11.5 Å². The number of nitrogens with zero attached hydrogens (tertiary/aromatic N) is 3. The lowest BCUT2D eigenvalue weighted by Gasteiger charge is -2.32. The van der Waals surface area contributed by atoms with Crippen molar-refractivity contribution < 1.29 is 9.59 Å². The minimum atomic E-state index is -0.0680. The van der Waals surface area contributed by atoms with Crippen LogP contribution in [0.1, 0.15) is 37.3 Å². The van der Waals surface area contributed by atoms with E-state index >= 15 is 0 Å². The highest BCUT2D eigenvalue weighted by Gasteiger charge is 2.26. The van der Waals surface area contributed by atoms with Crippen LogP contribution in [-0.2, 0) is 9.59 Å². The lowest BCUT2D eigenvalue weighted by Crippen LogP contribution is -2.43. The first-order chi connectivity index (χ1) is 15.0. The van der Waals surface area contributed by atoms with Gasteiger partial charge in [-0.25, -0.2) is 0 Å². The van der Waals surface area contributed by atoms with E-state index in [1.54, 1.807) is 0 Å². The van der Waals surface area contributed by atoms with E-state index in [2.05, 4.69) is 32.7 Å². The fraction of sp³-hybridized carbons (Fsp3) is 0.478. The smallest absolute Gasteiger partial charge is 0.234 e. The Bertz CT molecular complexity index is 903. The van der Waals surface area contributed by atoms with Crippen LogP contribution in [-0.4, -0.2) is 47.4 Å². The second kappa shape index (κ2) is 11.1. The van der Waals surface area contributed by atoms with E-state index in [0.29, 0.717) is 11.6 Å². The van der Waals surface area contributed by atoms with E-state index < -0.39 is 0 Å². The molecule has 1 aromatic heterocycles. The minimum Gasteiger partial charge on any atom is -0.356 e. The highest BCUT2D eigenvalue weighted by atomic mass is 32.2. The molecule has 2 heterocycles. The average Bonchev–Trinajstić information content (AvgIpc) is 2.79. The Morgan fingerprint density at radius 2 is 2.03 bits per heavy atom. The third-order valence-electron chi connectivity index (χ3n) is 5.31. The molecular weight excluding hydrogens is 410 g/mol. The molecule has 166 valence electrons. The van der Waals surface area contributed by atoms with E-state index in [1.165, 1.54) is 11.8 Å². The number of amides is 2. The summed E-state index contributed by atoms with van der Waals surface area (Å²) >= 11 is 1.36. The molecule has 1 aromatic carbocycles. The quantitative estimate of drug-likeness (QED) is 0.609. The van der Waals surface area contributed by atoms with Crippen molar-refractivity contribution in [3.63, 3.8) is 0 Å². The summed E-state index contributed by atoms with van der Waals surface area (Å²) in [5.74, 6) is 1.09. The third kappa shape index (κ3) is 6.69. The van der Waals surface area contributed by atoms with Gasteiger partial charge in [-0.05, 0) is 62.4 Å². The number of aryl methyl sites for hydroxylation is 2. The number of carbonyl (C=O) groups is 2. The van der Waals surface area contributed by atoms with E-state index in [9.17, 15) is 9.59 Å². The van der Waals surface area contributed by atoms with Gasteiger partial charge in [0.2, 0.25) is 11.8 Å². The van der Waals surface area contributed by atoms with Crippen LogP contribution in [0.5, 0.6) is 0 Å². The van der Waals surface area contributed by atoms with Crippen molar-refractivity contribution in [3.05, 3.63) is 41.5 Å². The van der Waals surface area contributed by atoms with Crippen molar-refractivity contribution in [1.82, 2.24) is 15.5 Å². The van der Waals surface area contributed by atoms with Crippen LogP contribution in [0.2, 0.25) is 0 Å². The Balaban J connectivity index is 1.51. The number of benzene rings is 1. The fourth-order valence-electron chi connectivity index (χ4n) is 3.55. The van der Waals surface area contributed by atoms with Crippen molar-refractivity contribution in [2.24, 2.45) is 5.92 Å². The van der Waals surface area contributed by atoms with Gasteiger partial charge in [-0.3, -0.25) is 9.59 Å². The zero-order valence-electron chi connectivity index (χ0n) is 18.5. The maximum Gasteiger partial charge on any atom is 0.234 e. The van der Waals surface area contributed by atoms with E-state index in [1.807, 2.05) is 44.2 Å². The van der Waals surface area contributed by atoms with E-state index in [0.717, 1.165) is 55.0 Å². The summed E-state index contributed by atoms with van der Waals surface area (Å²) in [4.78, 5) is 26.7. The molecule has 2 aromatic rings. The van der Waals surface area contributed by atoms with E-state index in [-0.39, 0.29) is 23.5 Å². The van der Waals surface area contributed by atoms with Gasteiger partial charge in [-0.1, -0.05) is 30.8 Å². The highest BCUT2D eigenvalue weighted by molar-refractivity contribution is 7.99. The zero-order chi connectivity index (χ0) is 22.2. The number of anilines is 2. The van der Waals surface area contributed by atoms with Crippen LogP contribution >= 0.6 is 11.8 Å². The Kier molecular flexibility index (Phi) is 8.28. The molecule has 7 nitrogen and oxygen atoms in total. The molecule has 0 radical (unpaired) electrons. The SMILES string of the molecule is CCCNC(=O)C1CCCN(c2ccc(SCC(=O)Nc3cc(C)ccc3C)nn2)C1. The molecule has 31 heavy (non-hydrogen) atoms. The van der Waals surface area contributed by atoms with Gasteiger partial charge in [-0.2, -0.15) is 0 Å². The minimum absolute atomic E-state index is 0.00933. The van der Waals surface area contributed by atoms with E-state index in [4.69, 9.17) is 0 Å². The summed E-state index contributed by atoms with van der Waals surface area (Å²) in [7, 11) is 0. The number of hydrogen-bond acceptors (Lipinski definition) is 6. The first-order valence-corrected chi connectivity index (χ1v) is 11.8. The number of piperidine rings is 1. The Hall–Kier alpha value is -2.61. The molecule has 2 N–H and O–H groups in total. The molecule has 1 saturated heterocycles. The van der Waals surface area contributed by atoms with Crippen molar-refractivity contribution >= 4 is 35.1 Å². The van der Waals surface area contributed by atoms with Gasteiger partial charge in [0.1, 0.15) is 5.03 Å². The summed E-state index contributed by atoms with van der Waals surface area (Å²) in [6.45, 7) is 8.29. The van der Waals surface area contributed by atoms with Crippen LogP contribution < -0.4 is 15.5 Å². The molecule has 1 aliphatic heterocycles. The maximum absolute atomic E-state index is 12.3. The largest absolute Gasteiger partial charge is 0.356 e. The first kappa shape index (κ1) is 23.1. The van der Waals surface area contributed by atoms with Crippen LogP contribution in [0.25, 0.3) is 0 Å². The number of nitrogens with one attached hydrogen (secondary N) is 2. The molecule has 0 bridgehead atoms. The fourth-order valence-corrected chi connectivity index (χ4v) is 4.16. The summed E-state index contributed by atoms with van der Waals surface area (Å²) in [6.07, 6.45) is 2.80. The summed E-state index contributed by atoms with van der Waals surface area (Å²) in [6, 6.07) is 9.81. The van der Waals surface area contributed by atoms with Gasteiger partial charge < -0.3 is 15.5 Å². The summed E-state index contributed by atoms with van der Waals surface area (Å²) in [5, 5.41) is 15.3. The molecule has 0 spiro atoms. The molecule has 1 aliphatic rings.